The Bertz CT molecular complexity index is 646. The van der Waals surface area contributed by atoms with Crippen LogP contribution in [0.4, 0.5) is 0 Å². The lowest BCUT2D eigenvalue weighted by Crippen LogP contribution is -2.46. The predicted molar refractivity (Wildman–Crippen MR) is 113 cm³/mol. The second-order valence-corrected chi connectivity index (χ2v) is 11.1. The first-order chi connectivity index (χ1) is 12.6. The summed E-state index contributed by atoms with van der Waals surface area (Å²) in [7, 11) is -5.53. The second kappa shape index (κ2) is 10.2. The maximum Gasteiger partial charge on any atom is 0.505 e. The summed E-state index contributed by atoms with van der Waals surface area (Å²) in [6, 6.07) is 20.1. The van der Waals surface area contributed by atoms with Gasteiger partial charge in [0, 0.05) is 36.5 Å². The van der Waals surface area contributed by atoms with Crippen LogP contribution in [0.3, 0.4) is 0 Å². The van der Waals surface area contributed by atoms with E-state index in [4.69, 9.17) is 13.3 Å². The molecule has 2 aromatic rings. The van der Waals surface area contributed by atoms with Crippen molar-refractivity contribution in [2.24, 2.45) is 0 Å². The maximum absolute atomic E-state index is 11.7. The molecule has 0 heterocycles. The van der Waals surface area contributed by atoms with Gasteiger partial charge in [0.2, 0.25) is 0 Å². The Labute approximate surface area is 158 Å². The Kier molecular flexibility index (Phi) is 8.29. The van der Waals surface area contributed by atoms with Crippen LogP contribution in [0.5, 0.6) is 0 Å². The summed E-state index contributed by atoms with van der Waals surface area (Å²) in [5, 5.41) is 1.83. The fourth-order valence-corrected chi connectivity index (χ4v) is 8.72. The highest BCUT2D eigenvalue weighted by Crippen LogP contribution is 2.40. The molecule has 2 aromatic carbocycles. The summed E-state index contributed by atoms with van der Waals surface area (Å²) in [6.45, 7) is 7.38. The standard InChI is InChI=1S/C20H29O4PSi/c1-4-22-26(23-5-2,24-6-3)18-17-25(21,19-13-9-7-10-14-19)20-15-11-8-12-16-20/h7-17,21H,4-6,18H2,1-3H3. The van der Waals surface area contributed by atoms with Crippen molar-refractivity contribution in [1.82, 2.24) is 0 Å². The fourth-order valence-electron chi connectivity index (χ4n) is 2.88. The average molecular weight is 393 g/mol. The Hall–Kier alpha value is -1.20. The Morgan fingerprint density at radius 2 is 1.15 bits per heavy atom. The summed E-state index contributed by atoms with van der Waals surface area (Å²) in [4.78, 5) is 11.7. The molecule has 0 saturated heterocycles. The van der Waals surface area contributed by atoms with E-state index in [1.165, 1.54) is 0 Å². The van der Waals surface area contributed by atoms with Gasteiger partial charge in [0.25, 0.3) is 0 Å². The van der Waals surface area contributed by atoms with Gasteiger partial charge in [-0.2, -0.15) is 0 Å². The van der Waals surface area contributed by atoms with Gasteiger partial charge in [-0.3, -0.25) is 0 Å². The third-order valence-electron chi connectivity index (χ3n) is 4.00. The molecule has 0 aliphatic heterocycles. The van der Waals surface area contributed by atoms with Crippen molar-refractivity contribution in [3.63, 3.8) is 0 Å². The van der Waals surface area contributed by atoms with Gasteiger partial charge >= 0.3 is 8.80 Å². The summed E-state index contributed by atoms with van der Waals surface area (Å²) >= 11 is 0. The third-order valence-corrected chi connectivity index (χ3v) is 10.1. The number of hydrogen-bond donors (Lipinski definition) is 1. The molecule has 0 bridgehead atoms. The summed E-state index contributed by atoms with van der Waals surface area (Å²) < 4.78 is 17.8. The average Bonchev–Trinajstić information content (AvgIpc) is 2.68. The SMILES string of the molecule is CCO[Si](CC=P(O)(c1ccccc1)c1ccccc1)(OCC)OCC. The molecule has 0 fully saturated rings. The topological polar surface area (TPSA) is 47.9 Å². The van der Waals surface area contributed by atoms with Crippen molar-refractivity contribution in [2.75, 3.05) is 19.8 Å². The molecule has 6 heteroatoms. The van der Waals surface area contributed by atoms with Gasteiger partial charge in [-0.05, 0) is 26.6 Å². The zero-order valence-corrected chi connectivity index (χ0v) is 17.7. The van der Waals surface area contributed by atoms with Crippen molar-refractivity contribution in [3.05, 3.63) is 60.7 Å². The molecule has 2 rings (SSSR count). The molecule has 0 saturated carbocycles. The van der Waals surface area contributed by atoms with Gasteiger partial charge < -0.3 is 18.2 Å². The smallest absolute Gasteiger partial charge is 0.374 e. The highest BCUT2D eigenvalue weighted by atomic mass is 31.2. The van der Waals surface area contributed by atoms with Crippen LogP contribution in [0.25, 0.3) is 0 Å². The Morgan fingerprint density at radius 3 is 1.50 bits per heavy atom. The molecule has 0 unspecified atom stereocenters. The van der Waals surface area contributed by atoms with E-state index in [2.05, 4.69) is 0 Å². The minimum Gasteiger partial charge on any atom is -0.374 e. The Balaban J connectivity index is 2.51. The van der Waals surface area contributed by atoms with E-state index in [9.17, 15) is 4.89 Å². The van der Waals surface area contributed by atoms with E-state index in [1.807, 2.05) is 87.2 Å². The molecule has 0 radical (unpaired) electrons. The quantitative estimate of drug-likeness (QED) is 0.497. The van der Waals surface area contributed by atoms with Crippen LogP contribution in [0.1, 0.15) is 20.8 Å². The van der Waals surface area contributed by atoms with Crippen LogP contribution in [-0.2, 0) is 13.3 Å². The molecular formula is C20H29O4PSi. The summed E-state index contributed by atoms with van der Waals surface area (Å²) in [6.07, 6.45) is 0. The number of benzene rings is 2. The largest absolute Gasteiger partial charge is 0.505 e. The summed E-state index contributed by atoms with van der Waals surface area (Å²) in [5.41, 5.74) is 0. The van der Waals surface area contributed by atoms with Crippen molar-refractivity contribution in [3.8, 4) is 0 Å². The summed E-state index contributed by atoms with van der Waals surface area (Å²) in [5.74, 6) is 1.98. The van der Waals surface area contributed by atoms with Crippen LogP contribution in [0.2, 0.25) is 6.04 Å². The lowest BCUT2D eigenvalue weighted by molar-refractivity contribution is 0.0756. The van der Waals surface area contributed by atoms with Gasteiger partial charge in [0.05, 0.1) is 7.11 Å². The zero-order valence-electron chi connectivity index (χ0n) is 15.8. The van der Waals surface area contributed by atoms with E-state index in [0.29, 0.717) is 25.9 Å². The predicted octanol–water partition coefficient (Wildman–Crippen LogP) is 3.41. The first-order valence-electron chi connectivity index (χ1n) is 9.09. The minimum atomic E-state index is -2.86. The lowest BCUT2D eigenvalue weighted by Gasteiger charge is -2.29. The molecule has 0 spiro atoms. The van der Waals surface area contributed by atoms with Crippen molar-refractivity contribution >= 4 is 32.3 Å². The lowest BCUT2D eigenvalue weighted by atomic mass is 10.4. The van der Waals surface area contributed by atoms with Crippen molar-refractivity contribution in [1.29, 1.82) is 0 Å². The van der Waals surface area contributed by atoms with Gasteiger partial charge in [0.15, 0.2) is 0 Å². The molecule has 0 amide bonds. The van der Waals surface area contributed by atoms with Crippen molar-refractivity contribution < 1.29 is 18.2 Å². The van der Waals surface area contributed by atoms with Crippen molar-refractivity contribution in [2.45, 2.75) is 26.8 Å². The van der Waals surface area contributed by atoms with Crippen LogP contribution in [0, 0.1) is 0 Å². The van der Waals surface area contributed by atoms with Gasteiger partial charge in [-0.25, -0.2) is 0 Å². The monoisotopic (exact) mass is 392 g/mol. The normalized spacial score (nSPS) is 12.2. The third kappa shape index (κ3) is 5.16. The van der Waals surface area contributed by atoms with E-state index in [-0.39, 0.29) is 0 Å². The molecular weight excluding hydrogens is 363 g/mol. The van der Waals surface area contributed by atoms with E-state index in [0.717, 1.165) is 10.6 Å². The van der Waals surface area contributed by atoms with Crippen LogP contribution in [0.15, 0.2) is 60.7 Å². The van der Waals surface area contributed by atoms with Gasteiger partial charge in [-0.15, -0.1) is 0 Å². The first-order valence-corrected chi connectivity index (χ1v) is 12.8. The molecule has 4 nitrogen and oxygen atoms in total. The van der Waals surface area contributed by atoms with Crippen LogP contribution >= 0.6 is 7.11 Å². The highest BCUT2D eigenvalue weighted by Gasteiger charge is 2.40. The molecule has 1 N–H and O–H groups in total. The molecule has 0 atom stereocenters. The van der Waals surface area contributed by atoms with Crippen LogP contribution < -0.4 is 10.6 Å². The second-order valence-electron chi connectivity index (χ2n) is 5.73. The first kappa shape index (κ1) is 21.1. The van der Waals surface area contributed by atoms with E-state index in [1.54, 1.807) is 0 Å². The van der Waals surface area contributed by atoms with Gasteiger partial charge in [0.1, 0.15) is 0 Å². The molecule has 0 aliphatic carbocycles. The molecule has 26 heavy (non-hydrogen) atoms. The molecule has 0 aromatic heterocycles. The number of hydrogen-bond acceptors (Lipinski definition) is 4. The fraction of sp³-hybridized carbons (Fsp3) is 0.350. The van der Waals surface area contributed by atoms with Gasteiger partial charge in [-0.1, -0.05) is 60.7 Å². The molecule has 142 valence electrons. The number of rotatable bonds is 10. The van der Waals surface area contributed by atoms with E-state index >= 15 is 0 Å². The van der Waals surface area contributed by atoms with E-state index < -0.39 is 15.9 Å². The minimum absolute atomic E-state index is 0.469. The zero-order chi connectivity index (χ0) is 18.9. The highest BCUT2D eigenvalue weighted by molar-refractivity contribution is 7.83. The maximum atomic E-state index is 11.7. The van der Waals surface area contributed by atoms with Crippen LogP contribution in [-0.4, -0.2) is 39.3 Å². The Morgan fingerprint density at radius 1 is 0.769 bits per heavy atom. The molecule has 0 aliphatic rings.